The Balaban J connectivity index is 1.29. The lowest BCUT2D eigenvalue weighted by atomic mass is 9.87. The van der Waals surface area contributed by atoms with Crippen LogP contribution in [-0.2, 0) is 10.8 Å². The maximum absolute atomic E-state index is 6.22. The van der Waals surface area contributed by atoms with Crippen molar-refractivity contribution in [1.82, 2.24) is 9.97 Å². The molecule has 4 nitrogen and oxygen atoms in total. The molecule has 0 bridgehead atoms. The van der Waals surface area contributed by atoms with E-state index in [2.05, 4.69) is 91.7 Å². The molecule has 2 aromatic heterocycles. The van der Waals surface area contributed by atoms with E-state index in [1.807, 2.05) is 79.1 Å². The maximum atomic E-state index is 6.22. The summed E-state index contributed by atoms with van der Waals surface area (Å²) in [6.07, 6.45) is 3.75. The summed E-state index contributed by atoms with van der Waals surface area (Å²) in [6, 6.07) is 30.2. The zero-order valence-corrected chi connectivity index (χ0v) is 26.0. The normalized spacial score (nSPS) is 11.8. The van der Waals surface area contributed by atoms with Gasteiger partial charge in [0.15, 0.2) is 0 Å². The molecule has 0 amide bonds. The first-order valence-electron chi connectivity index (χ1n) is 13.8. The molecule has 0 aliphatic carbocycles. The number of halogens is 1. The molecule has 2 heterocycles. The van der Waals surface area contributed by atoms with Crippen molar-refractivity contribution in [2.75, 3.05) is 0 Å². The highest BCUT2D eigenvalue weighted by atomic mass is 79.9. The molecule has 0 saturated carbocycles. The molecule has 208 valence electrons. The number of benzene rings is 3. The fraction of sp³-hybridized carbons (Fsp3) is 0.222. The SMILES string of the molecule is CC(C)(C)c1ccnc(-c2ccc(Oc3cccc(Oc4ccc(-c5cc(C(C)(C)C)ccn5)cc4)c3Br)cc2)c1. The van der Waals surface area contributed by atoms with Gasteiger partial charge in [-0.15, -0.1) is 0 Å². The molecular formula is C36H35BrN2O2. The Labute approximate surface area is 251 Å². The molecule has 0 saturated heterocycles. The first kappa shape index (κ1) is 28.6. The van der Waals surface area contributed by atoms with E-state index in [0.717, 1.165) is 38.5 Å². The lowest BCUT2D eigenvalue weighted by Gasteiger charge is -2.19. The molecule has 41 heavy (non-hydrogen) atoms. The molecule has 0 spiro atoms. The standard InChI is InChI=1S/C36H35BrN2O2/c1-35(2,3)26-18-20-38-30(22-26)24-10-14-28(15-11-24)40-32-8-7-9-33(34(32)37)41-29-16-12-25(13-17-29)31-23-27(19-21-39-31)36(4,5)6/h7-23H,1-6H3. The molecule has 0 N–H and O–H groups in total. The van der Waals surface area contributed by atoms with Crippen LogP contribution in [0.25, 0.3) is 22.5 Å². The van der Waals surface area contributed by atoms with Gasteiger partial charge in [-0.1, -0.05) is 47.6 Å². The fourth-order valence-corrected chi connectivity index (χ4v) is 4.83. The fourth-order valence-electron chi connectivity index (χ4n) is 4.40. The minimum absolute atomic E-state index is 0.0669. The second-order valence-corrected chi connectivity index (χ2v) is 13.0. The van der Waals surface area contributed by atoms with Gasteiger partial charge in [0, 0.05) is 23.5 Å². The lowest BCUT2D eigenvalue weighted by Crippen LogP contribution is -2.11. The summed E-state index contributed by atoms with van der Waals surface area (Å²) in [6.45, 7) is 13.2. The van der Waals surface area contributed by atoms with Crippen LogP contribution in [0.5, 0.6) is 23.0 Å². The van der Waals surface area contributed by atoms with E-state index in [9.17, 15) is 0 Å². The van der Waals surface area contributed by atoms with Gasteiger partial charge in [-0.2, -0.15) is 0 Å². The molecule has 0 atom stereocenters. The van der Waals surface area contributed by atoms with Crippen molar-refractivity contribution in [3.05, 3.63) is 119 Å². The number of hydrogen-bond donors (Lipinski definition) is 0. The number of hydrogen-bond acceptors (Lipinski definition) is 4. The summed E-state index contributed by atoms with van der Waals surface area (Å²) in [5, 5.41) is 0. The molecule has 5 heteroatoms. The predicted molar refractivity (Wildman–Crippen MR) is 171 cm³/mol. The van der Waals surface area contributed by atoms with Gasteiger partial charge >= 0.3 is 0 Å². The second kappa shape index (κ2) is 11.5. The van der Waals surface area contributed by atoms with Gasteiger partial charge in [0.2, 0.25) is 0 Å². The van der Waals surface area contributed by atoms with Crippen molar-refractivity contribution in [3.8, 4) is 45.5 Å². The highest BCUT2D eigenvalue weighted by Gasteiger charge is 2.16. The molecule has 5 aromatic rings. The highest BCUT2D eigenvalue weighted by molar-refractivity contribution is 9.10. The van der Waals surface area contributed by atoms with Gasteiger partial charge in [-0.3, -0.25) is 9.97 Å². The van der Waals surface area contributed by atoms with Gasteiger partial charge in [0.1, 0.15) is 27.5 Å². The van der Waals surface area contributed by atoms with Crippen LogP contribution in [0.3, 0.4) is 0 Å². The van der Waals surface area contributed by atoms with Crippen molar-refractivity contribution in [1.29, 1.82) is 0 Å². The summed E-state index contributed by atoms with van der Waals surface area (Å²) < 4.78 is 13.2. The number of nitrogens with zero attached hydrogens (tertiary/aromatic N) is 2. The van der Waals surface area contributed by atoms with E-state index in [0.29, 0.717) is 11.5 Å². The Hall–Kier alpha value is -3.96. The highest BCUT2D eigenvalue weighted by Crippen LogP contribution is 2.39. The van der Waals surface area contributed by atoms with Gasteiger partial charge in [0.25, 0.3) is 0 Å². The first-order chi connectivity index (χ1) is 19.5. The molecule has 5 rings (SSSR count). The molecule has 0 radical (unpaired) electrons. The van der Waals surface area contributed by atoms with Crippen molar-refractivity contribution in [2.45, 2.75) is 52.4 Å². The summed E-state index contributed by atoms with van der Waals surface area (Å²) in [5.41, 5.74) is 6.63. The van der Waals surface area contributed by atoms with Crippen molar-refractivity contribution in [2.24, 2.45) is 0 Å². The Bertz CT molecular complexity index is 1530. The van der Waals surface area contributed by atoms with Gasteiger partial charge in [0.05, 0.1) is 11.4 Å². The Kier molecular flexibility index (Phi) is 8.01. The van der Waals surface area contributed by atoms with Gasteiger partial charge in [-0.05, 0) is 123 Å². The number of aromatic nitrogens is 2. The van der Waals surface area contributed by atoms with E-state index in [-0.39, 0.29) is 10.8 Å². The molecule has 0 fully saturated rings. The Morgan fingerprint density at radius 3 is 1.29 bits per heavy atom. The number of ether oxygens (including phenoxy) is 2. The third kappa shape index (κ3) is 6.86. The molecule has 0 aliphatic rings. The largest absolute Gasteiger partial charge is 0.456 e. The molecule has 3 aromatic carbocycles. The van der Waals surface area contributed by atoms with Crippen LogP contribution in [0.1, 0.15) is 52.7 Å². The monoisotopic (exact) mass is 606 g/mol. The van der Waals surface area contributed by atoms with Crippen LogP contribution in [0.2, 0.25) is 0 Å². The van der Waals surface area contributed by atoms with Crippen LogP contribution in [0.15, 0.2) is 108 Å². The molecular weight excluding hydrogens is 572 g/mol. The van der Waals surface area contributed by atoms with E-state index in [4.69, 9.17) is 9.47 Å². The smallest absolute Gasteiger partial charge is 0.145 e. The number of pyridine rings is 2. The second-order valence-electron chi connectivity index (χ2n) is 12.2. The summed E-state index contributed by atoms with van der Waals surface area (Å²) in [5.74, 6) is 2.80. The summed E-state index contributed by atoms with van der Waals surface area (Å²) in [7, 11) is 0. The zero-order valence-electron chi connectivity index (χ0n) is 24.4. The lowest BCUT2D eigenvalue weighted by molar-refractivity contribution is 0.455. The summed E-state index contributed by atoms with van der Waals surface area (Å²) in [4.78, 5) is 9.14. The van der Waals surface area contributed by atoms with E-state index < -0.39 is 0 Å². The zero-order chi connectivity index (χ0) is 29.2. The van der Waals surface area contributed by atoms with Gasteiger partial charge in [-0.25, -0.2) is 0 Å². The topological polar surface area (TPSA) is 44.2 Å². The van der Waals surface area contributed by atoms with Crippen molar-refractivity contribution >= 4 is 15.9 Å². The first-order valence-corrected chi connectivity index (χ1v) is 14.5. The minimum atomic E-state index is 0.0669. The predicted octanol–water partition coefficient (Wildman–Crippen LogP) is 10.8. The molecule has 0 aliphatic heterocycles. The van der Waals surface area contributed by atoms with Crippen molar-refractivity contribution < 1.29 is 9.47 Å². The van der Waals surface area contributed by atoms with Crippen LogP contribution in [0.4, 0.5) is 0 Å². The van der Waals surface area contributed by atoms with E-state index in [1.54, 1.807) is 0 Å². The van der Waals surface area contributed by atoms with E-state index in [1.165, 1.54) is 11.1 Å². The van der Waals surface area contributed by atoms with Gasteiger partial charge < -0.3 is 9.47 Å². The van der Waals surface area contributed by atoms with Crippen LogP contribution < -0.4 is 9.47 Å². The van der Waals surface area contributed by atoms with Crippen LogP contribution >= 0.6 is 15.9 Å². The van der Waals surface area contributed by atoms with Crippen LogP contribution in [-0.4, -0.2) is 9.97 Å². The summed E-state index contributed by atoms with van der Waals surface area (Å²) >= 11 is 3.68. The number of rotatable bonds is 6. The Morgan fingerprint density at radius 1 is 0.537 bits per heavy atom. The van der Waals surface area contributed by atoms with Crippen LogP contribution in [0, 0.1) is 0 Å². The molecule has 0 unspecified atom stereocenters. The quantitative estimate of drug-likeness (QED) is 0.193. The minimum Gasteiger partial charge on any atom is -0.456 e. The van der Waals surface area contributed by atoms with Crippen molar-refractivity contribution in [3.63, 3.8) is 0 Å². The Morgan fingerprint density at radius 2 is 0.927 bits per heavy atom. The maximum Gasteiger partial charge on any atom is 0.145 e. The average molecular weight is 608 g/mol. The third-order valence-corrected chi connectivity index (χ3v) is 7.72. The third-order valence-electron chi connectivity index (χ3n) is 6.94. The average Bonchev–Trinajstić information content (AvgIpc) is 2.95. The van der Waals surface area contributed by atoms with E-state index >= 15 is 0 Å².